The van der Waals surface area contributed by atoms with E-state index in [1.807, 2.05) is 0 Å². The Labute approximate surface area is 181 Å². The lowest BCUT2D eigenvalue weighted by Crippen LogP contribution is -2.14. The van der Waals surface area contributed by atoms with Crippen LogP contribution < -0.4 is 4.74 Å². The van der Waals surface area contributed by atoms with Gasteiger partial charge in [-0.2, -0.15) is 0 Å². The zero-order valence-corrected chi connectivity index (χ0v) is 17.4. The molecule has 0 unspecified atom stereocenters. The molecule has 0 spiro atoms. The second kappa shape index (κ2) is 9.43. The quantitative estimate of drug-likeness (QED) is 0.248. The molecule has 31 heavy (non-hydrogen) atoms. The molecule has 0 radical (unpaired) electrons. The van der Waals surface area contributed by atoms with Gasteiger partial charge in [0, 0.05) is 0 Å². The molecule has 0 amide bonds. The number of ether oxygens (including phenoxy) is 1. The van der Waals surface area contributed by atoms with Crippen molar-refractivity contribution in [3.8, 4) is 28.7 Å². The number of aromatic hydroxyl groups is 4. The molecule has 0 bridgehead atoms. The van der Waals surface area contributed by atoms with Crippen LogP contribution in [-0.2, 0) is 12.8 Å². The van der Waals surface area contributed by atoms with Gasteiger partial charge in [0.2, 0.25) is 0 Å². The molecule has 0 aromatic heterocycles. The Bertz CT molecular complexity index is 1060. The van der Waals surface area contributed by atoms with Crippen LogP contribution in [0.5, 0.6) is 28.7 Å². The molecule has 3 aromatic carbocycles. The summed E-state index contributed by atoms with van der Waals surface area (Å²) in [5, 5.41) is 38.6. The minimum atomic E-state index is -0.624. The highest BCUT2D eigenvalue weighted by Crippen LogP contribution is 2.31. The Morgan fingerprint density at radius 1 is 0.742 bits per heavy atom. The lowest BCUT2D eigenvalue weighted by atomic mass is 9.85. The van der Waals surface area contributed by atoms with Gasteiger partial charge in [0.25, 0.3) is 0 Å². The summed E-state index contributed by atoms with van der Waals surface area (Å²) in [5.41, 5.74) is 2.12. The number of esters is 1. The van der Waals surface area contributed by atoms with Crippen LogP contribution in [0, 0.1) is 11.8 Å². The first-order valence-corrected chi connectivity index (χ1v) is 10.1. The van der Waals surface area contributed by atoms with Gasteiger partial charge in [-0.3, -0.25) is 0 Å². The minimum Gasteiger partial charge on any atom is -0.508 e. The third kappa shape index (κ3) is 5.69. The molecule has 0 aliphatic heterocycles. The van der Waals surface area contributed by atoms with Crippen molar-refractivity contribution in [2.75, 3.05) is 0 Å². The summed E-state index contributed by atoms with van der Waals surface area (Å²) in [6.45, 7) is 4.22. The number of hydrogen-bond donors (Lipinski definition) is 4. The Morgan fingerprint density at radius 2 is 1.29 bits per heavy atom. The Balaban J connectivity index is 1.66. The maximum absolute atomic E-state index is 12.3. The van der Waals surface area contributed by atoms with E-state index in [1.54, 1.807) is 24.3 Å². The van der Waals surface area contributed by atoms with Crippen LogP contribution in [0.15, 0.2) is 60.7 Å². The van der Waals surface area contributed by atoms with E-state index in [0.717, 1.165) is 17.5 Å². The van der Waals surface area contributed by atoms with Gasteiger partial charge in [-0.15, -0.1) is 0 Å². The first kappa shape index (κ1) is 22.0. The van der Waals surface area contributed by atoms with Crippen LogP contribution in [0.4, 0.5) is 0 Å². The molecule has 0 aliphatic rings. The fraction of sp³-hybridized carbons (Fsp3) is 0.240. The number of carbonyl (C=O) groups excluding carboxylic acids is 1. The van der Waals surface area contributed by atoms with E-state index in [0.29, 0.717) is 6.42 Å². The van der Waals surface area contributed by atoms with E-state index >= 15 is 0 Å². The van der Waals surface area contributed by atoms with Crippen molar-refractivity contribution < 1.29 is 30.0 Å². The third-order valence-electron chi connectivity index (χ3n) is 5.46. The predicted octanol–water partition coefficient (Wildman–Crippen LogP) is 4.79. The zero-order valence-electron chi connectivity index (χ0n) is 17.4. The van der Waals surface area contributed by atoms with Crippen molar-refractivity contribution in [1.29, 1.82) is 0 Å². The molecule has 0 saturated heterocycles. The highest BCUT2D eigenvalue weighted by atomic mass is 16.5. The number of phenolic OH excluding ortho intramolecular Hbond substituents is 4. The first-order chi connectivity index (χ1) is 14.7. The fourth-order valence-corrected chi connectivity index (χ4v) is 3.37. The van der Waals surface area contributed by atoms with Gasteiger partial charge in [-0.05, 0) is 84.3 Å². The molecular formula is C25H26O6. The summed E-state index contributed by atoms with van der Waals surface area (Å²) in [6.07, 6.45) is 1.44. The number of phenols is 4. The fourth-order valence-electron chi connectivity index (χ4n) is 3.37. The molecule has 3 rings (SSSR count). The van der Waals surface area contributed by atoms with E-state index in [2.05, 4.69) is 13.8 Å². The average Bonchev–Trinajstić information content (AvgIpc) is 2.73. The molecule has 6 heteroatoms. The Morgan fingerprint density at radius 3 is 1.87 bits per heavy atom. The second-order valence-electron chi connectivity index (χ2n) is 7.92. The van der Waals surface area contributed by atoms with Crippen LogP contribution in [0.25, 0.3) is 0 Å². The van der Waals surface area contributed by atoms with Gasteiger partial charge in [0.1, 0.15) is 5.75 Å². The minimum absolute atomic E-state index is 0.0482. The molecule has 6 nitrogen and oxygen atoms in total. The largest absolute Gasteiger partial charge is 0.508 e. The third-order valence-corrected chi connectivity index (χ3v) is 5.46. The molecule has 0 saturated carbocycles. The maximum atomic E-state index is 12.3. The van der Waals surface area contributed by atoms with Crippen molar-refractivity contribution in [3.63, 3.8) is 0 Å². The van der Waals surface area contributed by atoms with Gasteiger partial charge >= 0.3 is 5.97 Å². The number of rotatable bonds is 7. The number of benzene rings is 3. The Kier molecular flexibility index (Phi) is 6.70. The van der Waals surface area contributed by atoms with Gasteiger partial charge in [0.15, 0.2) is 23.0 Å². The summed E-state index contributed by atoms with van der Waals surface area (Å²) in [4.78, 5) is 12.3. The summed E-state index contributed by atoms with van der Waals surface area (Å²) >= 11 is 0. The highest BCUT2D eigenvalue weighted by molar-refractivity contribution is 5.91. The second-order valence-corrected chi connectivity index (χ2v) is 7.92. The molecule has 0 fully saturated rings. The number of carbonyl (C=O) groups is 1. The SMILES string of the molecule is C[C@H](Cc1ccc(O)c(O)c1)[C@@H](C)Cc1ccc(O)c(OC(=O)c2ccc(O)cc2)c1. The van der Waals surface area contributed by atoms with Gasteiger partial charge < -0.3 is 25.2 Å². The van der Waals surface area contributed by atoms with Crippen molar-refractivity contribution in [3.05, 3.63) is 77.4 Å². The van der Waals surface area contributed by atoms with Crippen molar-refractivity contribution in [2.24, 2.45) is 11.8 Å². The standard InChI is InChI=1S/C25H26O6/c1-15(11-17-3-9-21(27)23(29)13-17)16(2)12-18-4-10-22(28)24(14-18)31-25(30)19-5-7-20(26)8-6-19/h3-10,13-16,26-29H,11-12H2,1-2H3/t15-,16+/m1/s1. The summed E-state index contributed by atoms with van der Waals surface area (Å²) in [7, 11) is 0. The van der Waals surface area contributed by atoms with E-state index in [-0.39, 0.29) is 46.1 Å². The highest BCUT2D eigenvalue weighted by Gasteiger charge is 2.17. The molecule has 0 heterocycles. The van der Waals surface area contributed by atoms with Crippen LogP contribution >= 0.6 is 0 Å². The topological polar surface area (TPSA) is 107 Å². The molecule has 0 aliphatic carbocycles. The summed E-state index contributed by atoms with van der Waals surface area (Å²) in [5.74, 6) is -0.344. The molecule has 4 N–H and O–H groups in total. The van der Waals surface area contributed by atoms with Gasteiger partial charge in [-0.25, -0.2) is 4.79 Å². The van der Waals surface area contributed by atoms with Crippen molar-refractivity contribution in [2.45, 2.75) is 26.7 Å². The first-order valence-electron chi connectivity index (χ1n) is 10.1. The lowest BCUT2D eigenvalue weighted by Gasteiger charge is -2.21. The van der Waals surface area contributed by atoms with E-state index in [9.17, 15) is 25.2 Å². The van der Waals surface area contributed by atoms with Crippen molar-refractivity contribution >= 4 is 5.97 Å². The zero-order chi connectivity index (χ0) is 22.5. The van der Waals surface area contributed by atoms with E-state index < -0.39 is 5.97 Å². The van der Waals surface area contributed by atoms with Crippen LogP contribution in [0.1, 0.15) is 35.3 Å². The normalized spacial score (nSPS) is 12.8. The van der Waals surface area contributed by atoms with Gasteiger partial charge in [0.05, 0.1) is 5.56 Å². The monoisotopic (exact) mass is 422 g/mol. The lowest BCUT2D eigenvalue weighted by molar-refractivity contribution is 0.0729. The average molecular weight is 422 g/mol. The number of hydrogen-bond acceptors (Lipinski definition) is 6. The van der Waals surface area contributed by atoms with Gasteiger partial charge in [-0.1, -0.05) is 26.0 Å². The van der Waals surface area contributed by atoms with E-state index in [1.165, 1.54) is 36.4 Å². The molecule has 162 valence electrons. The predicted molar refractivity (Wildman–Crippen MR) is 117 cm³/mol. The van der Waals surface area contributed by atoms with E-state index in [4.69, 9.17) is 4.74 Å². The van der Waals surface area contributed by atoms with Crippen molar-refractivity contribution in [1.82, 2.24) is 0 Å². The van der Waals surface area contributed by atoms with Crippen LogP contribution in [0.3, 0.4) is 0 Å². The Hall–Kier alpha value is -3.67. The summed E-state index contributed by atoms with van der Waals surface area (Å²) < 4.78 is 5.35. The molecule has 3 aromatic rings. The maximum Gasteiger partial charge on any atom is 0.343 e. The van der Waals surface area contributed by atoms with Crippen LogP contribution in [-0.4, -0.2) is 26.4 Å². The summed E-state index contributed by atoms with van der Waals surface area (Å²) in [6, 6.07) is 15.5. The van der Waals surface area contributed by atoms with Crippen LogP contribution in [0.2, 0.25) is 0 Å². The molecular weight excluding hydrogens is 396 g/mol. The molecule has 2 atom stereocenters. The smallest absolute Gasteiger partial charge is 0.343 e.